The van der Waals surface area contributed by atoms with Crippen molar-refractivity contribution in [1.29, 1.82) is 0 Å². The topological polar surface area (TPSA) is 128 Å². The summed E-state index contributed by atoms with van der Waals surface area (Å²) in [4.78, 5) is 18.8. The van der Waals surface area contributed by atoms with Gasteiger partial charge in [0, 0.05) is 21.5 Å². The first-order chi connectivity index (χ1) is 40.8. The van der Waals surface area contributed by atoms with Gasteiger partial charge < -0.3 is 42.9 Å². The van der Waals surface area contributed by atoms with Gasteiger partial charge in [0.05, 0.1) is 80.0 Å². The molecule has 2 aliphatic heterocycles. The summed E-state index contributed by atoms with van der Waals surface area (Å²) in [5.74, 6) is 0. The van der Waals surface area contributed by atoms with Crippen molar-refractivity contribution in [2.45, 2.75) is 106 Å². The number of thiophene rings is 2. The number of rotatable bonds is 23. The van der Waals surface area contributed by atoms with Gasteiger partial charge in [0.15, 0.2) is 0 Å². The smallest absolute Gasteiger partial charge is 0.138 e. The van der Waals surface area contributed by atoms with E-state index in [-0.39, 0.29) is 12.2 Å². The van der Waals surface area contributed by atoms with Gasteiger partial charge in [-0.3, -0.25) is 0 Å². The molecule has 0 aliphatic carbocycles. The number of hydrogen-bond acceptors (Lipinski definition) is 15. The van der Waals surface area contributed by atoms with Crippen molar-refractivity contribution >= 4 is 68.5 Å². The zero-order valence-corrected chi connectivity index (χ0v) is 49.8. The van der Waals surface area contributed by atoms with Gasteiger partial charge in [-0.15, -0.1) is 34.4 Å². The molecule has 2 fully saturated rings. The first-order valence-electron chi connectivity index (χ1n) is 27.7. The maximum atomic E-state index is 6.90. The van der Waals surface area contributed by atoms with Crippen LogP contribution in [0.1, 0.15) is 69.2 Å². The van der Waals surface area contributed by atoms with Gasteiger partial charge in [-0.1, -0.05) is 194 Å². The van der Waals surface area contributed by atoms with E-state index in [0.29, 0.717) is 57.5 Å². The second kappa shape index (κ2) is 28.0. The van der Waals surface area contributed by atoms with Gasteiger partial charge in [0.2, 0.25) is 0 Å². The highest BCUT2D eigenvalue weighted by molar-refractivity contribution is 7.98. The Morgan fingerprint density at radius 3 is 1.35 bits per heavy atom. The minimum Gasteiger partial charge on any atom is -0.374 e. The van der Waals surface area contributed by atoms with Crippen LogP contribution in [-0.2, 0) is 77.5 Å². The summed E-state index contributed by atoms with van der Waals surface area (Å²) in [7, 11) is 0. The predicted octanol–water partition coefficient (Wildman–Crippen LogP) is 15.2. The number of fused-ring (bicyclic) bond motifs is 2. The van der Waals surface area contributed by atoms with E-state index in [2.05, 4.69) is 107 Å². The number of H-pyrrole nitrogens is 1. The summed E-state index contributed by atoms with van der Waals surface area (Å²) in [5.41, 5.74) is 6.72. The van der Waals surface area contributed by atoms with E-state index in [9.17, 15) is 0 Å². The number of ether oxygens (including phenoxy) is 8. The summed E-state index contributed by atoms with van der Waals surface area (Å²) in [6.45, 7) is 7.60. The number of hydrogen-bond donors (Lipinski definition) is 1. The van der Waals surface area contributed by atoms with Crippen molar-refractivity contribution in [3.63, 3.8) is 0 Å². The lowest BCUT2D eigenvalue weighted by molar-refractivity contribution is -0.147. The largest absolute Gasteiger partial charge is 0.374 e. The standard InChI is InChI=1S/C34H34N2O4S2.C33H32N2O4S2/c1-34(39-20-26-16-10-5-11-17-26)31(38-19-25-14-8-4-9-15-25)28(21-37-18-24-12-6-3-7-13-24)40-32(34)30-29-27(22-42-30)33(41-2)36-23-35-29;1-33(38-19-25-15-9-4-10-16-25)30(37-18-24-13-7-3-8-14-24)27(20-36-17-23-11-5-2-6-12-23)39-31(33)29-28-26(21-41-29)32(40)35-22-34-28/h3-17,22-23,28,31-32H,18-21H2,1-2H3;2-16,21-22,27,30-31H,17-20H2,1H3,(H,34,35,40)/t28-,31-,32+,34-;27-,30-,31+,33-/m11/s1. The van der Waals surface area contributed by atoms with Gasteiger partial charge in [-0.2, -0.15) is 0 Å². The number of aromatic amines is 1. The zero-order valence-electron chi connectivity index (χ0n) is 46.5. The van der Waals surface area contributed by atoms with Crippen molar-refractivity contribution in [1.82, 2.24) is 19.9 Å². The molecule has 12 nitrogen and oxygen atoms in total. The predicted molar refractivity (Wildman–Crippen MR) is 331 cm³/mol. The lowest BCUT2D eigenvalue weighted by atomic mass is 9.90. The molecule has 0 amide bonds. The van der Waals surface area contributed by atoms with E-state index in [1.165, 1.54) is 0 Å². The highest BCUT2D eigenvalue weighted by Gasteiger charge is 2.58. The maximum Gasteiger partial charge on any atom is 0.138 e. The average Bonchev–Trinajstić information content (AvgIpc) is 4.05. The Balaban J connectivity index is 0.000000174. The number of aromatic nitrogens is 4. The minimum atomic E-state index is -0.831. The van der Waals surface area contributed by atoms with Crippen molar-refractivity contribution in [2.24, 2.45) is 0 Å². The summed E-state index contributed by atoms with van der Waals surface area (Å²) in [6.07, 6.45) is 2.93. The van der Waals surface area contributed by atoms with E-state index in [0.717, 1.165) is 70.0 Å². The molecule has 6 heterocycles. The van der Waals surface area contributed by atoms with Gasteiger partial charge in [0.25, 0.3) is 0 Å². The molecule has 0 unspecified atom stereocenters. The molecule has 0 radical (unpaired) electrons. The van der Waals surface area contributed by atoms with Crippen LogP contribution < -0.4 is 0 Å². The molecule has 83 heavy (non-hydrogen) atoms. The molecular formula is C67H66N4O8S4. The molecule has 10 aromatic rings. The number of thioether (sulfide) groups is 1. The fourth-order valence-corrected chi connectivity index (χ4v) is 14.0. The Labute approximate surface area is 502 Å². The van der Waals surface area contributed by atoms with Crippen LogP contribution in [-0.4, -0.2) is 75.0 Å². The SMILES string of the molecule is CSc1ncnc2c([C@@H]3O[C@H](COCc4ccccc4)[C@@H](OCc4ccccc4)[C@@]3(C)OCc3ccccc3)scc12.C[C@@]1(OCc2ccccc2)[C@H](OCc2ccccc2)[C@@H](COCc2ccccc2)O[C@H]1c1scc2c(=S)nc[nH]c12. The third-order valence-corrected chi connectivity index (χ3v) is 18.2. The molecular weight excluding hydrogens is 1120 g/mol. The number of nitrogens with zero attached hydrogens (tertiary/aromatic N) is 3. The minimum absolute atomic E-state index is 0.357. The molecule has 426 valence electrons. The molecule has 2 aliphatic rings. The molecule has 4 aromatic heterocycles. The third-order valence-electron chi connectivity index (χ3n) is 15.1. The lowest BCUT2D eigenvalue weighted by Crippen LogP contribution is -2.47. The molecule has 6 aromatic carbocycles. The monoisotopic (exact) mass is 1180 g/mol. The second-order valence-corrected chi connectivity index (χ2v) is 23.8. The first kappa shape index (κ1) is 58.4. The van der Waals surface area contributed by atoms with Crippen LogP contribution in [0, 0.1) is 4.64 Å². The van der Waals surface area contributed by atoms with E-state index in [1.54, 1.807) is 47.1 Å². The second-order valence-electron chi connectivity index (χ2n) is 20.8. The summed E-state index contributed by atoms with van der Waals surface area (Å²) < 4.78 is 53.9. The van der Waals surface area contributed by atoms with Crippen LogP contribution in [0.25, 0.3) is 21.8 Å². The quantitative estimate of drug-likeness (QED) is 0.0371. The van der Waals surface area contributed by atoms with Crippen molar-refractivity contribution in [3.8, 4) is 0 Å². The van der Waals surface area contributed by atoms with Crippen molar-refractivity contribution in [3.05, 3.63) is 253 Å². The molecule has 0 saturated carbocycles. The van der Waals surface area contributed by atoms with E-state index in [1.807, 2.05) is 121 Å². The van der Waals surface area contributed by atoms with Gasteiger partial charge >= 0.3 is 0 Å². The molecule has 2 saturated heterocycles. The lowest BCUT2D eigenvalue weighted by Gasteiger charge is -2.35. The molecule has 16 heteroatoms. The zero-order chi connectivity index (χ0) is 56.9. The average molecular weight is 1180 g/mol. The molecule has 8 atom stereocenters. The van der Waals surface area contributed by atoms with Gasteiger partial charge in [-0.05, 0) is 53.5 Å². The van der Waals surface area contributed by atoms with E-state index >= 15 is 0 Å². The van der Waals surface area contributed by atoms with Gasteiger partial charge in [0.1, 0.15) is 63.8 Å². The van der Waals surface area contributed by atoms with E-state index in [4.69, 9.17) is 55.1 Å². The van der Waals surface area contributed by atoms with Crippen LogP contribution in [0.4, 0.5) is 0 Å². The van der Waals surface area contributed by atoms with Gasteiger partial charge in [-0.25, -0.2) is 15.0 Å². The van der Waals surface area contributed by atoms with Crippen LogP contribution in [0.5, 0.6) is 0 Å². The Morgan fingerprint density at radius 2 is 0.904 bits per heavy atom. The maximum absolute atomic E-state index is 6.90. The highest BCUT2D eigenvalue weighted by Crippen LogP contribution is 2.52. The van der Waals surface area contributed by atoms with Crippen LogP contribution in [0.15, 0.2) is 210 Å². The van der Waals surface area contributed by atoms with E-state index < -0.39 is 35.6 Å². The fraction of sp³-hybridized carbons (Fsp3) is 0.284. The fourth-order valence-electron chi connectivity index (χ4n) is 10.7. The molecule has 1 N–H and O–H groups in total. The Kier molecular flexibility index (Phi) is 19.7. The Morgan fingerprint density at radius 1 is 0.506 bits per heavy atom. The highest BCUT2D eigenvalue weighted by atomic mass is 32.2. The number of nitrogens with one attached hydrogen (secondary N) is 1. The molecule has 12 rings (SSSR count). The summed E-state index contributed by atoms with van der Waals surface area (Å²) in [6, 6.07) is 61.1. The Bertz CT molecular complexity index is 3660. The summed E-state index contributed by atoms with van der Waals surface area (Å²) >= 11 is 10.4. The summed E-state index contributed by atoms with van der Waals surface area (Å²) in [5, 5.41) is 7.05. The van der Waals surface area contributed by atoms with Crippen LogP contribution in [0.3, 0.4) is 0 Å². The normalized spacial score (nSPS) is 22.2. The molecule has 0 bridgehead atoms. The molecule has 0 spiro atoms. The van der Waals surface area contributed by atoms with Crippen molar-refractivity contribution < 1.29 is 37.9 Å². The first-order valence-corrected chi connectivity index (χ1v) is 31.1. The Hall–Kier alpha value is -6.35. The third kappa shape index (κ3) is 13.9. The van der Waals surface area contributed by atoms with Crippen LogP contribution >= 0.6 is 46.7 Å². The van der Waals surface area contributed by atoms with Crippen molar-refractivity contribution in [2.75, 3.05) is 19.5 Å². The van der Waals surface area contributed by atoms with Crippen LogP contribution in [0.2, 0.25) is 0 Å². The number of benzene rings is 6.